The first-order chi connectivity index (χ1) is 13.2. The molecule has 2 atom stereocenters. The van der Waals surface area contributed by atoms with Crippen molar-refractivity contribution in [2.45, 2.75) is 31.6 Å². The Hall–Kier alpha value is -3.02. The average molecular weight is 362 g/mol. The number of hydrogen-bond donors (Lipinski definition) is 0. The van der Waals surface area contributed by atoms with Gasteiger partial charge in [-0.2, -0.15) is 0 Å². The largest absolute Gasteiger partial charge is 0.331 e. The monoisotopic (exact) mass is 362 g/mol. The van der Waals surface area contributed by atoms with Gasteiger partial charge in [-0.05, 0) is 23.1 Å². The van der Waals surface area contributed by atoms with E-state index in [2.05, 4.69) is 16.1 Å². The van der Waals surface area contributed by atoms with Crippen LogP contribution < -0.4 is 0 Å². The Labute approximate surface area is 156 Å². The Morgan fingerprint density at radius 1 is 1.04 bits per heavy atom. The lowest BCUT2D eigenvalue weighted by Gasteiger charge is -2.27. The number of benzene rings is 2. The van der Waals surface area contributed by atoms with E-state index in [0.29, 0.717) is 19.5 Å². The van der Waals surface area contributed by atoms with Crippen molar-refractivity contribution in [3.8, 4) is 0 Å². The number of halogens is 1. The molecule has 0 spiro atoms. The van der Waals surface area contributed by atoms with Crippen molar-refractivity contribution in [3.05, 3.63) is 82.9 Å². The van der Waals surface area contributed by atoms with E-state index >= 15 is 0 Å². The third kappa shape index (κ3) is 2.72. The summed E-state index contributed by atoms with van der Waals surface area (Å²) in [6.07, 6.45) is -0.0787. The molecule has 2 aliphatic rings. The van der Waals surface area contributed by atoms with Crippen LogP contribution in [0.15, 0.2) is 54.6 Å². The van der Waals surface area contributed by atoms with Gasteiger partial charge < -0.3 is 4.90 Å². The van der Waals surface area contributed by atoms with E-state index in [4.69, 9.17) is 0 Å². The third-order valence-electron chi connectivity index (χ3n) is 5.46. The first kappa shape index (κ1) is 16.2. The Morgan fingerprint density at radius 3 is 2.59 bits per heavy atom. The van der Waals surface area contributed by atoms with Gasteiger partial charge in [-0.25, -0.2) is 14.1 Å². The normalized spacial score (nSPS) is 21.0. The Morgan fingerprint density at radius 2 is 1.78 bits per heavy atom. The van der Waals surface area contributed by atoms with E-state index < -0.39 is 6.17 Å². The number of carbonyl (C=O) groups is 1. The first-order valence-electron chi connectivity index (χ1n) is 9.22. The predicted octanol–water partition coefficient (Wildman–Crippen LogP) is 3.48. The lowest BCUT2D eigenvalue weighted by molar-refractivity contribution is 0.0721. The summed E-state index contributed by atoms with van der Waals surface area (Å²) >= 11 is 0. The molecule has 5 rings (SSSR count). The topological polar surface area (TPSA) is 51.0 Å². The minimum Gasteiger partial charge on any atom is -0.331 e. The van der Waals surface area contributed by atoms with Gasteiger partial charge in [0.2, 0.25) is 5.82 Å². The molecule has 136 valence electrons. The molecule has 2 aliphatic heterocycles. The van der Waals surface area contributed by atoms with Gasteiger partial charge in [0.1, 0.15) is 0 Å². The lowest BCUT2D eigenvalue weighted by Crippen LogP contribution is -2.36. The molecule has 0 fully saturated rings. The molecule has 0 aliphatic carbocycles. The van der Waals surface area contributed by atoms with Crippen LogP contribution in [-0.2, 0) is 13.0 Å². The molecule has 5 nitrogen and oxygen atoms in total. The van der Waals surface area contributed by atoms with E-state index in [1.54, 1.807) is 9.58 Å². The summed E-state index contributed by atoms with van der Waals surface area (Å²) in [6.45, 7) is 1.17. The number of fused-ring (bicyclic) bond motifs is 2. The molecule has 0 radical (unpaired) electrons. The molecular formula is C21H19FN4O. The van der Waals surface area contributed by atoms with Crippen molar-refractivity contribution in [3.63, 3.8) is 0 Å². The van der Waals surface area contributed by atoms with Crippen molar-refractivity contribution >= 4 is 5.91 Å². The molecule has 0 bridgehead atoms. The maximum absolute atomic E-state index is 14.5. The summed E-state index contributed by atoms with van der Waals surface area (Å²) in [6, 6.07) is 17.6. The van der Waals surface area contributed by atoms with Crippen molar-refractivity contribution in [2.24, 2.45) is 0 Å². The van der Waals surface area contributed by atoms with Gasteiger partial charge in [-0.3, -0.25) is 4.79 Å². The van der Waals surface area contributed by atoms with Crippen molar-refractivity contribution in [1.82, 2.24) is 19.7 Å². The molecule has 0 saturated heterocycles. The number of nitrogens with zero attached hydrogens (tertiary/aromatic N) is 4. The molecule has 0 N–H and O–H groups in total. The Kier molecular flexibility index (Phi) is 3.77. The summed E-state index contributed by atoms with van der Waals surface area (Å²) in [7, 11) is 0. The third-order valence-corrected chi connectivity index (χ3v) is 5.46. The molecule has 6 heteroatoms. The summed E-state index contributed by atoms with van der Waals surface area (Å²) in [5, 5.41) is 4.40. The fourth-order valence-electron chi connectivity index (χ4n) is 4.03. The summed E-state index contributed by atoms with van der Waals surface area (Å²) in [4.78, 5) is 18.9. The second kappa shape index (κ2) is 6.30. The highest BCUT2D eigenvalue weighted by atomic mass is 19.1. The predicted molar refractivity (Wildman–Crippen MR) is 98.0 cm³/mol. The number of amides is 1. The van der Waals surface area contributed by atoms with Gasteiger partial charge >= 0.3 is 0 Å². The number of hydrogen-bond acceptors (Lipinski definition) is 3. The minimum absolute atomic E-state index is 0.0904. The fourth-order valence-corrected chi connectivity index (χ4v) is 4.03. The number of rotatable bonds is 2. The van der Waals surface area contributed by atoms with Gasteiger partial charge in [0.05, 0.1) is 6.04 Å². The number of aromatic nitrogens is 3. The van der Waals surface area contributed by atoms with Crippen molar-refractivity contribution in [1.29, 1.82) is 0 Å². The molecule has 0 unspecified atom stereocenters. The molecule has 0 saturated carbocycles. The van der Waals surface area contributed by atoms with Crippen LogP contribution in [0.3, 0.4) is 0 Å². The van der Waals surface area contributed by atoms with Crippen LogP contribution in [0.2, 0.25) is 0 Å². The van der Waals surface area contributed by atoms with Crippen LogP contribution in [0.4, 0.5) is 4.39 Å². The van der Waals surface area contributed by atoms with Crippen molar-refractivity contribution < 1.29 is 9.18 Å². The van der Waals surface area contributed by atoms with Gasteiger partial charge in [0.15, 0.2) is 12.0 Å². The molecule has 3 aromatic rings. The highest BCUT2D eigenvalue weighted by molar-refractivity contribution is 5.90. The van der Waals surface area contributed by atoms with E-state index in [1.165, 1.54) is 5.56 Å². The fraction of sp³-hybridized carbons (Fsp3) is 0.286. The molecular weight excluding hydrogens is 343 g/mol. The zero-order valence-corrected chi connectivity index (χ0v) is 14.8. The van der Waals surface area contributed by atoms with Crippen molar-refractivity contribution in [2.75, 3.05) is 6.54 Å². The number of carbonyl (C=O) groups excluding carboxylic acids is 1. The minimum atomic E-state index is -1.20. The van der Waals surface area contributed by atoms with Crippen LogP contribution >= 0.6 is 0 Å². The highest BCUT2D eigenvalue weighted by Gasteiger charge is 2.37. The zero-order valence-electron chi connectivity index (χ0n) is 14.8. The number of alkyl halides is 1. The molecule has 2 aromatic carbocycles. The summed E-state index contributed by atoms with van der Waals surface area (Å²) in [5.41, 5.74) is 3.40. The van der Waals surface area contributed by atoms with Gasteiger partial charge in [-0.15, -0.1) is 5.10 Å². The zero-order chi connectivity index (χ0) is 18.4. The van der Waals surface area contributed by atoms with E-state index in [1.807, 2.05) is 48.5 Å². The van der Waals surface area contributed by atoms with Crippen LogP contribution in [0.1, 0.15) is 51.8 Å². The van der Waals surface area contributed by atoms with E-state index in [-0.39, 0.29) is 23.6 Å². The van der Waals surface area contributed by atoms with E-state index in [9.17, 15) is 9.18 Å². The molecule has 1 aromatic heterocycles. The standard InChI is InChI=1S/C21H19FN4O/c22-17-12-18(15-7-2-1-3-8-15)26-20(17)23-19(24-26)21(27)25-11-10-14-6-4-5-9-16(14)13-25/h1-9,17-18H,10-13H2/t17-,18-/m0/s1. The maximum atomic E-state index is 14.5. The average Bonchev–Trinajstić information content (AvgIpc) is 3.28. The van der Waals surface area contributed by atoms with E-state index in [0.717, 1.165) is 17.5 Å². The van der Waals surface area contributed by atoms with Crippen LogP contribution in [-0.4, -0.2) is 32.1 Å². The smallest absolute Gasteiger partial charge is 0.293 e. The van der Waals surface area contributed by atoms with Crippen LogP contribution in [0.25, 0.3) is 0 Å². The summed E-state index contributed by atoms with van der Waals surface area (Å²) in [5.74, 6) is 0.114. The lowest BCUT2D eigenvalue weighted by atomic mass is 10.00. The quantitative estimate of drug-likeness (QED) is 0.701. The molecule has 3 heterocycles. The molecule has 27 heavy (non-hydrogen) atoms. The van der Waals surface area contributed by atoms with Crippen LogP contribution in [0.5, 0.6) is 0 Å². The maximum Gasteiger partial charge on any atom is 0.293 e. The Bertz CT molecular complexity index is 1000. The summed E-state index contributed by atoms with van der Waals surface area (Å²) < 4.78 is 16.1. The second-order valence-electron chi connectivity index (χ2n) is 7.11. The second-order valence-corrected chi connectivity index (χ2v) is 7.11. The SMILES string of the molecule is O=C(c1nc2n(n1)[C@H](c1ccccc1)C[C@@H]2F)N1CCc2ccccc2C1. The Balaban J connectivity index is 1.43. The highest BCUT2D eigenvalue weighted by Crippen LogP contribution is 2.39. The van der Waals surface area contributed by atoms with Gasteiger partial charge in [0.25, 0.3) is 5.91 Å². The van der Waals surface area contributed by atoms with Gasteiger partial charge in [0, 0.05) is 19.5 Å². The van der Waals surface area contributed by atoms with Gasteiger partial charge in [-0.1, -0.05) is 54.6 Å². The first-order valence-corrected chi connectivity index (χ1v) is 9.22. The van der Waals surface area contributed by atoms with Crippen LogP contribution in [0, 0.1) is 0 Å². The molecule has 1 amide bonds.